The van der Waals surface area contributed by atoms with Crippen molar-refractivity contribution in [3.05, 3.63) is 23.8 Å². The third-order valence-electron chi connectivity index (χ3n) is 7.35. The first-order valence-electron chi connectivity index (χ1n) is 10.5. The maximum atomic E-state index is 12.7. The van der Waals surface area contributed by atoms with Gasteiger partial charge in [-0.3, -0.25) is 9.69 Å². The number of hydrogen-bond donors (Lipinski definition) is 1. The number of allylic oxidation sites excluding steroid dienone is 1. The number of amides is 1. The molecule has 2 atom stereocenters. The molecule has 0 saturated carbocycles. The highest BCUT2D eigenvalue weighted by Gasteiger charge is 2.53. The molecule has 1 amide bonds. The van der Waals surface area contributed by atoms with Gasteiger partial charge in [0.25, 0.3) is 0 Å². The lowest BCUT2D eigenvalue weighted by Crippen LogP contribution is -2.41. The Hall–Kier alpha value is -1.73. The zero-order valence-electron chi connectivity index (χ0n) is 17.4. The molecule has 2 unspecified atom stereocenters. The molecule has 154 valence electrons. The maximum Gasteiger partial charge on any atom is 0.242 e. The summed E-state index contributed by atoms with van der Waals surface area (Å²) in [5.74, 6) is 0.426. The summed E-state index contributed by atoms with van der Waals surface area (Å²) in [6.45, 7) is 11.7. The fourth-order valence-electron chi connectivity index (χ4n) is 5.63. The van der Waals surface area contributed by atoms with Crippen molar-refractivity contribution in [2.24, 2.45) is 16.7 Å². The highest BCUT2D eigenvalue weighted by molar-refractivity contribution is 5.76. The molecular formula is C21H33N5O2. The van der Waals surface area contributed by atoms with Gasteiger partial charge in [-0.1, -0.05) is 25.0 Å². The number of hydrogen-bond acceptors (Lipinski definition) is 5. The Morgan fingerprint density at radius 2 is 2.00 bits per heavy atom. The molecule has 7 heteroatoms. The molecule has 3 heterocycles. The van der Waals surface area contributed by atoms with Gasteiger partial charge in [0.05, 0.1) is 6.61 Å². The van der Waals surface area contributed by atoms with Crippen LogP contribution >= 0.6 is 0 Å². The maximum absolute atomic E-state index is 12.7. The van der Waals surface area contributed by atoms with Gasteiger partial charge >= 0.3 is 0 Å². The van der Waals surface area contributed by atoms with E-state index in [1.54, 1.807) is 28.4 Å². The van der Waals surface area contributed by atoms with Crippen LogP contribution in [0.2, 0.25) is 0 Å². The third kappa shape index (κ3) is 3.50. The Morgan fingerprint density at radius 3 is 2.64 bits per heavy atom. The van der Waals surface area contributed by atoms with Crippen LogP contribution in [0.25, 0.3) is 0 Å². The molecule has 1 aromatic heterocycles. The number of rotatable bonds is 5. The summed E-state index contributed by atoms with van der Waals surface area (Å²) in [7, 11) is 0. The Labute approximate surface area is 167 Å². The zero-order valence-corrected chi connectivity index (χ0v) is 17.4. The van der Waals surface area contributed by atoms with Crippen molar-refractivity contribution >= 4 is 5.91 Å². The standard InChI is InChI=1S/C21H33N5O2/c1-16-5-4-6-20(2,3)18(16)9-24-7-17-8-26(12-21(17,11-24)13-27)19(28)10-25-14-22-23-15-25/h14-15,17,27H,4-13H2,1-3H3. The van der Waals surface area contributed by atoms with Gasteiger partial charge in [-0.25, -0.2) is 0 Å². The summed E-state index contributed by atoms with van der Waals surface area (Å²) >= 11 is 0. The van der Waals surface area contributed by atoms with E-state index < -0.39 is 0 Å². The van der Waals surface area contributed by atoms with Crippen LogP contribution in [0.4, 0.5) is 0 Å². The molecule has 0 bridgehead atoms. The average molecular weight is 388 g/mol. The SMILES string of the molecule is CC1=C(CN2CC3CN(C(=O)Cn4cnnc4)CC3(CO)C2)C(C)(C)CCC1. The summed E-state index contributed by atoms with van der Waals surface area (Å²) in [5.41, 5.74) is 3.23. The largest absolute Gasteiger partial charge is 0.396 e. The van der Waals surface area contributed by atoms with Gasteiger partial charge in [-0.15, -0.1) is 10.2 Å². The van der Waals surface area contributed by atoms with E-state index in [-0.39, 0.29) is 29.9 Å². The van der Waals surface area contributed by atoms with Crippen LogP contribution in [0.3, 0.4) is 0 Å². The van der Waals surface area contributed by atoms with Crippen molar-refractivity contribution in [1.82, 2.24) is 24.6 Å². The first-order valence-corrected chi connectivity index (χ1v) is 10.5. The summed E-state index contributed by atoms with van der Waals surface area (Å²) in [5, 5.41) is 17.8. The number of aliphatic hydroxyl groups is 1. The van der Waals surface area contributed by atoms with Crippen LogP contribution in [0, 0.1) is 16.7 Å². The Bertz CT molecular complexity index is 757. The number of carbonyl (C=O) groups excluding carboxylic acids is 1. The van der Waals surface area contributed by atoms with Crippen LogP contribution in [-0.2, 0) is 11.3 Å². The minimum Gasteiger partial charge on any atom is -0.396 e. The monoisotopic (exact) mass is 387 g/mol. The molecule has 1 N–H and O–H groups in total. The van der Waals surface area contributed by atoms with E-state index in [9.17, 15) is 9.90 Å². The van der Waals surface area contributed by atoms with E-state index in [2.05, 4.69) is 35.9 Å². The molecule has 1 aliphatic carbocycles. The van der Waals surface area contributed by atoms with Gasteiger partial charge in [0, 0.05) is 38.1 Å². The minimum absolute atomic E-state index is 0.0838. The van der Waals surface area contributed by atoms with E-state index in [0.29, 0.717) is 12.5 Å². The average Bonchev–Trinajstić information content (AvgIpc) is 3.32. The molecule has 4 rings (SSSR count). The Morgan fingerprint density at radius 1 is 1.25 bits per heavy atom. The normalized spacial score (nSPS) is 30.1. The number of fused-ring (bicyclic) bond motifs is 1. The van der Waals surface area contributed by atoms with Gasteiger partial charge in [0.15, 0.2) is 0 Å². The molecule has 2 aliphatic heterocycles. The lowest BCUT2D eigenvalue weighted by Gasteiger charge is -2.37. The summed E-state index contributed by atoms with van der Waals surface area (Å²) in [6.07, 6.45) is 6.90. The summed E-state index contributed by atoms with van der Waals surface area (Å²) in [6, 6.07) is 0. The van der Waals surface area contributed by atoms with Gasteiger partial charge < -0.3 is 14.6 Å². The second-order valence-electron chi connectivity index (χ2n) is 9.79. The highest BCUT2D eigenvalue weighted by atomic mass is 16.3. The van der Waals surface area contributed by atoms with Crippen molar-refractivity contribution in [3.8, 4) is 0 Å². The topological polar surface area (TPSA) is 74.5 Å². The molecule has 2 saturated heterocycles. The number of nitrogens with zero attached hydrogens (tertiary/aromatic N) is 5. The van der Waals surface area contributed by atoms with Crippen LogP contribution in [0.15, 0.2) is 23.8 Å². The summed E-state index contributed by atoms with van der Waals surface area (Å²) in [4.78, 5) is 17.1. The molecular weight excluding hydrogens is 354 g/mol. The van der Waals surface area contributed by atoms with Crippen LogP contribution < -0.4 is 0 Å². The van der Waals surface area contributed by atoms with E-state index in [4.69, 9.17) is 0 Å². The van der Waals surface area contributed by atoms with Crippen LogP contribution in [0.1, 0.15) is 40.0 Å². The lowest BCUT2D eigenvalue weighted by atomic mass is 9.72. The molecule has 7 nitrogen and oxygen atoms in total. The van der Waals surface area contributed by atoms with Gasteiger partial charge in [-0.05, 0) is 37.5 Å². The van der Waals surface area contributed by atoms with Gasteiger partial charge in [0.2, 0.25) is 5.91 Å². The van der Waals surface area contributed by atoms with Crippen molar-refractivity contribution in [2.75, 3.05) is 39.3 Å². The first-order chi connectivity index (χ1) is 13.3. The molecule has 0 radical (unpaired) electrons. The smallest absolute Gasteiger partial charge is 0.242 e. The number of aliphatic hydroxyl groups excluding tert-OH is 1. The molecule has 2 fully saturated rings. The van der Waals surface area contributed by atoms with Crippen LogP contribution in [0.5, 0.6) is 0 Å². The van der Waals surface area contributed by atoms with E-state index in [0.717, 1.165) is 26.2 Å². The number of aromatic nitrogens is 3. The molecule has 0 spiro atoms. The first kappa shape index (κ1) is 19.6. The fourth-order valence-corrected chi connectivity index (χ4v) is 5.63. The number of carbonyl (C=O) groups is 1. The fraction of sp³-hybridized carbons (Fsp3) is 0.762. The Balaban J connectivity index is 1.42. The minimum atomic E-state index is -0.184. The predicted molar refractivity (Wildman–Crippen MR) is 106 cm³/mol. The van der Waals surface area contributed by atoms with Crippen LogP contribution in [-0.4, -0.2) is 74.9 Å². The predicted octanol–water partition coefficient (Wildman–Crippen LogP) is 1.56. The van der Waals surface area contributed by atoms with Crippen molar-refractivity contribution in [2.45, 2.75) is 46.6 Å². The van der Waals surface area contributed by atoms with E-state index >= 15 is 0 Å². The summed E-state index contributed by atoms with van der Waals surface area (Å²) < 4.78 is 1.70. The van der Waals surface area contributed by atoms with Crippen molar-refractivity contribution in [1.29, 1.82) is 0 Å². The molecule has 3 aliphatic rings. The quantitative estimate of drug-likeness (QED) is 0.776. The second-order valence-corrected chi connectivity index (χ2v) is 9.79. The van der Waals surface area contributed by atoms with Crippen molar-refractivity contribution in [3.63, 3.8) is 0 Å². The Kier molecular flexibility index (Phi) is 5.08. The third-order valence-corrected chi connectivity index (χ3v) is 7.35. The second kappa shape index (κ2) is 7.26. The highest BCUT2D eigenvalue weighted by Crippen LogP contribution is 2.45. The lowest BCUT2D eigenvalue weighted by molar-refractivity contribution is -0.131. The molecule has 0 aromatic carbocycles. The van der Waals surface area contributed by atoms with E-state index in [1.165, 1.54) is 19.3 Å². The molecule has 28 heavy (non-hydrogen) atoms. The molecule has 1 aromatic rings. The number of likely N-dealkylation sites (tertiary alicyclic amines) is 2. The van der Waals surface area contributed by atoms with Gasteiger partial charge in [-0.2, -0.15) is 0 Å². The van der Waals surface area contributed by atoms with Crippen molar-refractivity contribution < 1.29 is 9.90 Å². The van der Waals surface area contributed by atoms with Gasteiger partial charge in [0.1, 0.15) is 19.2 Å². The van der Waals surface area contributed by atoms with E-state index in [1.807, 2.05) is 4.90 Å². The zero-order chi connectivity index (χ0) is 19.9.